The maximum Gasteiger partial charge on any atom is 0.412 e. The first-order chi connectivity index (χ1) is 18.7. The van der Waals surface area contributed by atoms with Crippen LogP contribution in [0.3, 0.4) is 0 Å². The molecular formula is C31H34N6O2. The van der Waals surface area contributed by atoms with Gasteiger partial charge in [-0.1, -0.05) is 36.4 Å². The first-order valence-electron chi connectivity index (χ1n) is 13.2. The standard InChI is InChI=1S/C31H34N6O2/c1-20-6-15-29(37(20)30(38)39-31(2,3)4)36-27(17-32-5)22-9-7-21(8-10-22)23-11-13-25-24(16-23)12-14-26(35-25)28-18-33-19-34-28/h7-14,16-20,29,36H,5-6,15H2,1-4H3,(H,33,34)/b27-17-/t20-,29?/m0/s1. The van der Waals surface area contributed by atoms with Crippen molar-refractivity contribution >= 4 is 29.4 Å². The average Bonchev–Trinajstić information content (AvgIpc) is 3.57. The van der Waals surface area contributed by atoms with E-state index in [1.807, 2.05) is 39.8 Å². The van der Waals surface area contributed by atoms with E-state index in [-0.39, 0.29) is 18.3 Å². The van der Waals surface area contributed by atoms with E-state index in [4.69, 9.17) is 9.72 Å². The molecule has 1 aliphatic heterocycles. The van der Waals surface area contributed by atoms with Crippen molar-refractivity contribution in [1.29, 1.82) is 0 Å². The van der Waals surface area contributed by atoms with Crippen molar-refractivity contribution in [1.82, 2.24) is 25.2 Å². The van der Waals surface area contributed by atoms with Gasteiger partial charge in [-0.15, -0.1) is 0 Å². The number of hydrogen-bond acceptors (Lipinski definition) is 6. The number of hydrogen-bond donors (Lipinski definition) is 2. The molecule has 2 atom stereocenters. The largest absolute Gasteiger partial charge is 0.444 e. The number of carbonyl (C=O) groups excluding carboxylic acids is 1. The van der Waals surface area contributed by atoms with Gasteiger partial charge < -0.3 is 15.0 Å². The molecule has 0 saturated carbocycles. The summed E-state index contributed by atoms with van der Waals surface area (Å²) in [6.45, 7) is 11.3. The molecule has 8 heteroatoms. The summed E-state index contributed by atoms with van der Waals surface area (Å²) in [6, 6.07) is 18.7. The van der Waals surface area contributed by atoms with Gasteiger partial charge in [-0.3, -0.25) is 9.89 Å². The third kappa shape index (κ3) is 5.85. The van der Waals surface area contributed by atoms with Crippen molar-refractivity contribution in [2.24, 2.45) is 4.99 Å². The predicted molar refractivity (Wildman–Crippen MR) is 156 cm³/mol. The van der Waals surface area contributed by atoms with Gasteiger partial charge in [0.1, 0.15) is 11.8 Å². The Bertz CT molecular complexity index is 1500. The molecule has 1 saturated heterocycles. The number of likely N-dealkylation sites (tertiary alicyclic amines) is 1. The summed E-state index contributed by atoms with van der Waals surface area (Å²) >= 11 is 0. The molecule has 1 aliphatic rings. The number of aromatic amines is 1. The summed E-state index contributed by atoms with van der Waals surface area (Å²) in [5.74, 6) is 0. The Morgan fingerprint density at radius 1 is 1.13 bits per heavy atom. The quantitative estimate of drug-likeness (QED) is 0.277. The van der Waals surface area contributed by atoms with Gasteiger partial charge in [-0.2, -0.15) is 0 Å². The minimum absolute atomic E-state index is 0.0793. The highest BCUT2D eigenvalue weighted by Crippen LogP contribution is 2.29. The zero-order valence-corrected chi connectivity index (χ0v) is 22.8. The number of nitrogens with one attached hydrogen (secondary N) is 2. The molecule has 5 rings (SSSR count). The highest BCUT2D eigenvalue weighted by atomic mass is 16.6. The Hall–Kier alpha value is -4.46. The van der Waals surface area contributed by atoms with E-state index < -0.39 is 5.60 Å². The molecule has 3 heterocycles. The number of carbonyl (C=O) groups is 1. The van der Waals surface area contributed by atoms with Crippen LogP contribution in [0, 0.1) is 0 Å². The number of imidazole rings is 1. The fraction of sp³-hybridized carbons (Fsp3) is 0.290. The molecule has 1 amide bonds. The lowest BCUT2D eigenvalue weighted by atomic mass is 10.0. The van der Waals surface area contributed by atoms with Crippen molar-refractivity contribution in [2.75, 3.05) is 0 Å². The molecule has 4 aromatic rings. The van der Waals surface area contributed by atoms with Crippen molar-refractivity contribution < 1.29 is 9.53 Å². The number of benzene rings is 2. The molecule has 0 radical (unpaired) electrons. The zero-order valence-electron chi connectivity index (χ0n) is 22.8. The first kappa shape index (κ1) is 26.2. The number of rotatable bonds is 6. The molecule has 0 spiro atoms. The molecule has 8 nitrogen and oxygen atoms in total. The number of amides is 1. The molecule has 39 heavy (non-hydrogen) atoms. The third-order valence-electron chi connectivity index (χ3n) is 6.81. The van der Waals surface area contributed by atoms with Crippen molar-refractivity contribution in [3.05, 3.63) is 78.9 Å². The summed E-state index contributed by atoms with van der Waals surface area (Å²) in [5.41, 5.74) is 6.09. The van der Waals surface area contributed by atoms with Gasteiger partial charge in [0.05, 0.1) is 35.1 Å². The molecule has 1 unspecified atom stereocenters. The van der Waals surface area contributed by atoms with Crippen LogP contribution in [0.5, 0.6) is 0 Å². The van der Waals surface area contributed by atoms with Gasteiger partial charge >= 0.3 is 6.09 Å². The van der Waals surface area contributed by atoms with Crippen LogP contribution in [0.2, 0.25) is 0 Å². The summed E-state index contributed by atoms with van der Waals surface area (Å²) in [5, 5.41) is 4.58. The van der Waals surface area contributed by atoms with Crippen LogP contribution in [-0.2, 0) is 4.74 Å². The highest BCUT2D eigenvalue weighted by molar-refractivity contribution is 5.86. The van der Waals surface area contributed by atoms with Crippen LogP contribution in [-0.4, -0.2) is 50.5 Å². The lowest BCUT2D eigenvalue weighted by Crippen LogP contribution is -2.48. The Morgan fingerprint density at radius 3 is 2.59 bits per heavy atom. The average molecular weight is 523 g/mol. The van der Waals surface area contributed by atoms with Gasteiger partial charge in [-0.05, 0) is 82.1 Å². The van der Waals surface area contributed by atoms with E-state index in [1.54, 1.807) is 23.6 Å². The van der Waals surface area contributed by atoms with Crippen LogP contribution >= 0.6 is 0 Å². The van der Waals surface area contributed by atoms with Crippen molar-refractivity contribution in [3.8, 4) is 22.5 Å². The number of ether oxygens (including phenoxy) is 1. The van der Waals surface area contributed by atoms with Gasteiger partial charge in [0.25, 0.3) is 0 Å². The molecule has 2 aromatic heterocycles. The summed E-state index contributed by atoms with van der Waals surface area (Å²) in [7, 11) is 0. The topological polar surface area (TPSA) is 95.5 Å². The molecule has 1 fully saturated rings. The number of aliphatic imine (C=N–C) groups is 1. The van der Waals surface area contributed by atoms with Gasteiger partial charge in [0.2, 0.25) is 0 Å². The van der Waals surface area contributed by atoms with Crippen LogP contribution in [0.4, 0.5) is 4.79 Å². The van der Waals surface area contributed by atoms with Crippen LogP contribution < -0.4 is 5.32 Å². The summed E-state index contributed by atoms with van der Waals surface area (Å²) in [4.78, 5) is 30.7. The second-order valence-corrected chi connectivity index (χ2v) is 10.8. The molecule has 2 aromatic carbocycles. The van der Waals surface area contributed by atoms with Gasteiger partial charge in [-0.25, -0.2) is 14.8 Å². The predicted octanol–water partition coefficient (Wildman–Crippen LogP) is 6.63. The number of fused-ring (bicyclic) bond motifs is 1. The van der Waals surface area contributed by atoms with Crippen LogP contribution in [0.15, 0.2) is 78.3 Å². The maximum absolute atomic E-state index is 12.9. The fourth-order valence-electron chi connectivity index (χ4n) is 4.91. The number of nitrogens with zero attached hydrogens (tertiary/aromatic N) is 4. The Morgan fingerprint density at radius 2 is 1.90 bits per heavy atom. The summed E-state index contributed by atoms with van der Waals surface area (Å²) < 4.78 is 5.67. The van der Waals surface area contributed by atoms with E-state index in [2.05, 4.69) is 69.5 Å². The molecule has 2 N–H and O–H groups in total. The minimum Gasteiger partial charge on any atom is -0.444 e. The second-order valence-electron chi connectivity index (χ2n) is 10.8. The van der Waals surface area contributed by atoms with E-state index in [9.17, 15) is 4.79 Å². The van der Waals surface area contributed by atoms with Gasteiger partial charge in [0, 0.05) is 17.6 Å². The summed E-state index contributed by atoms with van der Waals surface area (Å²) in [6.07, 6.45) is 6.33. The van der Waals surface area contributed by atoms with Crippen LogP contribution in [0.1, 0.15) is 46.1 Å². The van der Waals surface area contributed by atoms with E-state index >= 15 is 0 Å². The SMILES string of the molecule is C=N/C=C(\NC1CC[C@H](C)N1C(=O)OC(C)(C)C)c1ccc(-c2ccc3nc(-c4cnc[nH]4)ccc3c2)cc1. The lowest BCUT2D eigenvalue weighted by molar-refractivity contribution is 0.0146. The normalized spacial score (nSPS) is 17.8. The van der Waals surface area contributed by atoms with E-state index in [0.717, 1.165) is 57.5 Å². The first-order valence-corrected chi connectivity index (χ1v) is 13.2. The monoisotopic (exact) mass is 522 g/mol. The number of H-pyrrole nitrogens is 1. The lowest BCUT2D eigenvalue weighted by Gasteiger charge is -2.32. The smallest absolute Gasteiger partial charge is 0.412 e. The van der Waals surface area contributed by atoms with E-state index in [0.29, 0.717) is 0 Å². The Kier molecular flexibility index (Phi) is 7.19. The van der Waals surface area contributed by atoms with Crippen molar-refractivity contribution in [2.45, 2.75) is 58.3 Å². The van der Waals surface area contributed by atoms with Crippen LogP contribution in [0.25, 0.3) is 39.1 Å². The molecule has 0 aliphatic carbocycles. The third-order valence-corrected chi connectivity index (χ3v) is 6.81. The number of aromatic nitrogens is 3. The highest BCUT2D eigenvalue weighted by Gasteiger charge is 2.37. The Labute approximate surface area is 228 Å². The molecular weight excluding hydrogens is 488 g/mol. The zero-order chi connectivity index (χ0) is 27.6. The minimum atomic E-state index is -0.554. The van der Waals surface area contributed by atoms with Crippen molar-refractivity contribution in [3.63, 3.8) is 0 Å². The van der Waals surface area contributed by atoms with E-state index in [1.165, 1.54) is 0 Å². The fourth-order valence-corrected chi connectivity index (χ4v) is 4.91. The molecule has 0 bridgehead atoms. The number of pyridine rings is 1. The second kappa shape index (κ2) is 10.7. The molecule has 200 valence electrons. The maximum atomic E-state index is 12.9. The Balaban J connectivity index is 1.35. The van der Waals surface area contributed by atoms with Gasteiger partial charge in [0.15, 0.2) is 0 Å².